The van der Waals surface area contributed by atoms with Gasteiger partial charge in [0.1, 0.15) is 5.76 Å². The molecule has 1 aromatic carbocycles. The predicted octanol–water partition coefficient (Wildman–Crippen LogP) is 3.17. The van der Waals surface area contributed by atoms with Gasteiger partial charge in [0.05, 0.1) is 36.7 Å². The topological polar surface area (TPSA) is 142 Å². The number of ether oxygens (including phenoxy) is 4. The standard InChI is InChI=1S/C34H45N3O8/c1-32(2,40)9-4-11-34(41,19-28(38)36-13-6-22(20-35)7-14-36)31(39)45-30-27(42-3)18-33-10-5-12-37(33)15-8-23-16-25-26(44-21-43-25)17-24(23)29(30)33/h16-18,22,29-30,40-41H,4-15,19,21H2,1-3H3/t29-,30-,33+,34-/m1/s1. The van der Waals surface area contributed by atoms with Gasteiger partial charge in [-0.15, -0.1) is 0 Å². The number of nitriles is 1. The molecule has 5 aliphatic rings. The molecule has 4 aliphatic heterocycles. The Bertz CT molecular complexity index is 1390. The minimum Gasteiger partial charge on any atom is -0.497 e. The highest BCUT2D eigenvalue weighted by Crippen LogP contribution is 2.55. The van der Waals surface area contributed by atoms with Gasteiger partial charge in [-0.2, -0.15) is 5.26 Å². The monoisotopic (exact) mass is 623 g/mol. The number of methoxy groups -OCH3 is 1. The summed E-state index contributed by atoms with van der Waals surface area (Å²) in [7, 11) is 1.57. The van der Waals surface area contributed by atoms with Crippen LogP contribution in [0.5, 0.6) is 11.5 Å². The Morgan fingerprint density at radius 3 is 2.53 bits per heavy atom. The van der Waals surface area contributed by atoms with Gasteiger partial charge in [-0.3, -0.25) is 9.69 Å². The van der Waals surface area contributed by atoms with Crippen molar-refractivity contribution in [1.29, 1.82) is 5.26 Å². The lowest BCUT2D eigenvalue weighted by molar-refractivity contribution is -0.177. The summed E-state index contributed by atoms with van der Waals surface area (Å²) in [6, 6.07) is 6.29. The summed E-state index contributed by atoms with van der Waals surface area (Å²) in [5, 5.41) is 31.6. The van der Waals surface area contributed by atoms with Crippen LogP contribution in [0.1, 0.15) is 82.3 Å². The van der Waals surface area contributed by atoms with Crippen LogP contribution in [0, 0.1) is 17.2 Å². The third kappa shape index (κ3) is 6.00. The number of carbonyl (C=O) groups excluding carboxylic acids is 2. The number of aliphatic hydroxyl groups is 2. The Labute approximate surface area is 264 Å². The van der Waals surface area contributed by atoms with Gasteiger partial charge in [-0.05, 0) is 101 Å². The van der Waals surface area contributed by atoms with E-state index in [1.165, 1.54) is 0 Å². The summed E-state index contributed by atoms with van der Waals surface area (Å²) >= 11 is 0. The van der Waals surface area contributed by atoms with Gasteiger partial charge in [0.15, 0.2) is 23.2 Å². The number of rotatable bonds is 9. The molecule has 0 aromatic heterocycles. The fraction of sp³-hybridized carbons (Fsp3) is 0.676. The maximum absolute atomic E-state index is 14.2. The second-order valence-corrected chi connectivity index (χ2v) is 13.9. The largest absolute Gasteiger partial charge is 0.497 e. The first kappa shape index (κ1) is 31.6. The highest BCUT2D eigenvalue weighted by atomic mass is 16.7. The first-order valence-electron chi connectivity index (χ1n) is 16.2. The molecule has 1 amide bonds. The van der Waals surface area contributed by atoms with E-state index < -0.39 is 35.2 Å². The fourth-order valence-electron chi connectivity index (χ4n) is 8.02. The van der Waals surface area contributed by atoms with Crippen molar-refractivity contribution in [1.82, 2.24) is 9.80 Å². The van der Waals surface area contributed by atoms with Crippen LogP contribution in [0.25, 0.3) is 0 Å². The minimum atomic E-state index is -2.11. The van der Waals surface area contributed by atoms with Gasteiger partial charge in [-0.25, -0.2) is 4.79 Å². The molecule has 1 aromatic rings. The van der Waals surface area contributed by atoms with Gasteiger partial charge in [-0.1, -0.05) is 0 Å². The van der Waals surface area contributed by atoms with Gasteiger partial charge in [0.25, 0.3) is 0 Å². The van der Waals surface area contributed by atoms with E-state index in [0.717, 1.165) is 43.5 Å². The number of nitrogens with zero attached hydrogens (tertiary/aromatic N) is 3. The van der Waals surface area contributed by atoms with Gasteiger partial charge in [0, 0.05) is 25.6 Å². The predicted molar refractivity (Wildman–Crippen MR) is 162 cm³/mol. The van der Waals surface area contributed by atoms with Crippen LogP contribution in [0.3, 0.4) is 0 Å². The molecule has 1 spiro atoms. The lowest BCUT2D eigenvalue weighted by Gasteiger charge is -2.40. The Balaban J connectivity index is 1.31. The molecule has 0 bridgehead atoms. The van der Waals surface area contributed by atoms with Crippen molar-refractivity contribution in [2.24, 2.45) is 5.92 Å². The maximum atomic E-state index is 14.2. The number of amides is 1. The molecule has 2 fully saturated rings. The van der Waals surface area contributed by atoms with Crippen molar-refractivity contribution in [3.8, 4) is 17.6 Å². The van der Waals surface area contributed by atoms with E-state index in [2.05, 4.69) is 17.0 Å². The zero-order chi connectivity index (χ0) is 32.0. The molecule has 11 heteroatoms. The van der Waals surface area contributed by atoms with E-state index in [0.29, 0.717) is 56.0 Å². The molecular formula is C34H45N3O8. The zero-order valence-corrected chi connectivity index (χ0v) is 26.5. The summed E-state index contributed by atoms with van der Waals surface area (Å²) in [6.07, 6.45) is 5.20. The van der Waals surface area contributed by atoms with Crippen molar-refractivity contribution in [2.45, 2.75) is 100 Å². The number of benzene rings is 1. The number of piperidine rings is 1. The fourth-order valence-corrected chi connectivity index (χ4v) is 8.02. The average Bonchev–Trinajstić information content (AvgIpc) is 3.70. The van der Waals surface area contributed by atoms with Crippen LogP contribution in [-0.2, 0) is 25.5 Å². The SMILES string of the molecule is COC1=C[C@]23CCCN2CCc2cc4c(cc2[C@@H]3[C@@H]1OC(=O)[C@@](O)(CCCC(C)(C)O)CC(=O)N1CCC(C#N)CC1)OCO4. The molecular weight excluding hydrogens is 578 g/mol. The summed E-state index contributed by atoms with van der Waals surface area (Å²) in [4.78, 5) is 31.8. The first-order valence-corrected chi connectivity index (χ1v) is 16.2. The number of likely N-dealkylation sites (tertiary alicyclic amines) is 1. The number of esters is 1. The van der Waals surface area contributed by atoms with Crippen molar-refractivity contribution in [3.05, 3.63) is 35.1 Å². The highest BCUT2D eigenvalue weighted by molar-refractivity contribution is 5.88. The molecule has 1 aliphatic carbocycles. The molecule has 2 N–H and O–H groups in total. The Morgan fingerprint density at radius 2 is 1.84 bits per heavy atom. The number of carbonyl (C=O) groups is 2. The quantitative estimate of drug-likeness (QED) is 0.394. The molecule has 6 rings (SSSR count). The lowest BCUT2D eigenvalue weighted by Crippen LogP contribution is -2.50. The second-order valence-electron chi connectivity index (χ2n) is 13.9. The minimum absolute atomic E-state index is 0.0494. The van der Waals surface area contributed by atoms with Crippen LogP contribution in [0.15, 0.2) is 24.0 Å². The van der Waals surface area contributed by atoms with E-state index in [1.54, 1.807) is 25.9 Å². The van der Waals surface area contributed by atoms with Crippen LogP contribution in [0.2, 0.25) is 0 Å². The van der Waals surface area contributed by atoms with Crippen molar-refractivity contribution in [2.75, 3.05) is 40.1 Å². The molecule has 4 heterocycles. The van der Waals surface area contributed by atoms with Crippen LogP contribution in [-0.4, -0.2) is 94.8 Å². The zero-order valence-electron chi connectivity index (χ0n) is 26.5. The van der Waals surface area contributed by atoms with Crippen LogP contribution < -0.4 is 9.47 Å². The Kier molecular flexibility index (Phi) is 8.52. The molecule has 0 unspecified atom stereocenters. The summed E-state index contributed by atoms with van der Waals surface area (Å²) in [5.74, 6) is 0.236. The first-order chi connectivity index (χ1) is 21.5. The summed E-state index contributed by atoms with van der Waals surface area (Å²) in [5.41, 5.74) is -1.44. The van der Waals surface area contributed by atoms with E-state index in [1.807, 2.05) is 12.1 Å². The third-order valence-electron chi connectivity index (χ3n) is 10.4. The van der Waals surface area contributed by atoms with Gasteiger partial charge >= 0.3 is 5.97 Å². The molecule has 0 saturated carbocycles. The third-order valence-corrected chi connectivity index (χ3v) is 10.4. The Hall–Kier alpha value is -3.33. The summed E-state index contributed by atoms with van der Waals surface area (Å²) in [6.45, 7) is 6.03. The Morgan fingerprint density at radius 1 is 1.11 bits per heavy atom. The molecule has 11 nitrogen and oxygen atoms in total. The normalized spacial score (nSPS) is 27.4. The van der Waals surface area contributed by atoms with E-state index in [4.69, 9.17) is 18.9 Å². The number of fused-ring (bicyclic) bond motifs is 3. The molecule has 2 saturated heterocycles. The van der Waals surface area contributed by atoms with Crippen molar-refractivity contribution >= 4 is 11.9 Å². The van der Waals surface area contributed by atoms with Crippen LogP contribution >= 0.6 is 0 Å². The lowest BCUT2D eigenvalue weighted by atomic mass is 9.77. The molecule has 0 radical (unpaired) electrons. The molecule has 45 heavy (non-hydrogen) atoms. The van der Waals surface area contributed by atoms with Crippen molar-refractivity contribution in [3.63, 3.8) is 0 Å². The average molecular weight is 624 g/mol. The number of hydrogen-bond acceptors (Lipinski definition) is 10. The van der Waals surface area contributed by atoms with E-state index in [-0.39, 0.29) is 31.0 Å². The van der Waals surface area contributed by atoms with E-state index >= 15 is 0 Å². The summed E-state index contributed by atoms with van der Waals surface area (Å²) < 4.78 is 23.7. The highest BCUT2D eigenvalue weighted by Gasteiger charge is 2.59. The van der Waals surface area contributed by atoms with Crippen molar-refractivity contribution < 1.29 is 38.7 Å². The number of hydrogen-bond donors (Lipinski definition) is 2. The van der Waals surface area contributed by atoms with Crippen LogP contribution in [0.4, 0.5) is 0 Å². The smallest absolute Gasteiger partial charge is 0.339 e. The molecule has 4 atom stereocenters. The molecule has 244 valence electrons. The maximum Gasteiger partial charge on any atom is 0.339 e. The van der Waals surface area contributed by atoms with E-state index in [9.17, 15) is 25.1 Å². The second kappa shape index (κ2) is 12.1. The van der Waals surface area contributed by atoms with Gasteiger partial charge in [0.2, 0.25) is 12.7 Å². The van der Waals surface area contributed by atoms with Gasteiger partial charge < -0.3 is 34.1 Å².